The number of rotatable bonds is 9. The Hall–Kier alpha value is -2.86. The standard InChI is InChI=1S/C30H40N4O2/c35-28(12-4-9-21-7-2-1-3-8-21)23-10-5-11-25(19-23)33-27-16-15-24(20-26(27)22-13-14-22)29(36)34-30-31-17-6-18-32-30/h5,10-11,15-16,19-22,28,33,35H,1-4,6-9,12-14,17-18H2,(H2,31,32,34,36). The minimum Gasteiger partial charge on any atom is -0.388 e. The van der Waals surface area contributed by atoms with Gasteiger partial charge in [-0.05, 0) is 79.0 Å². The number of hydrogen-bond donors (Lipinski definition) is 4. The van der Waals surface area contributed by atoms with Gasteiger partial charge in [-0.15, -0.1) is 0 Å². The Bertz CT molecular complexity index is 1060. The number of guanidine groups is 1. The van der Waals surface area contributed by atoms with Crippen LogP contribution in [0.15, 0.2) is 47.5 Å². The minimum absolute atomic E-state index is 0.223. The number of aliphatic hydroxyl groups is 1. The molecule has 1 heterocycles. The predicted octanol–water partition coefficient (Wildman–Crippen LogP) is 6.17. The lowest BCUT2D eigenvalue weighted by molar-refractivity contribution is 0.100. The van der Waals surface area contributed by atoms with Gasteiger partial charge in [0.2, 0.25) is 0 Å². The molecule has 1 aliphatic heterocycles. The third-order valence-electron chi connectivity index (χ3n) is 7.83. The van der Waals surface area contributed by atoms with Crippen molar-refractivity contribution in [3.8, 4) is 0 Å². The van der Waals surface area contributed by atoms with Crippen molar-refractivity contribution in [2.24, 2.45) is 10.9 Å². The van der Waals surface area contributed by atoms with Crippen LogP contribution >= 0.6 is 0 Å². The van der Waals surface area contributed by atoms with Crippen LogP contribution in [-0.4, -0.2) is 30.1 Å². The summed E-state index contributed by atoms with van der Waals surface area (Å²) in [5, 5.41) is 20.7. The van der Waals surface area contributed by atoms with Crippen LogP contribution in [0.5, 0.6) is 0 Å². The van der Waals surface area contributed by atoms with Crippen molar-refractivity contribution < 1.29 is 9.90 Å². The topological polar surface area (TPSA) is 85.8 Å². The molecule has 2 saturated carbocycles. The van der Waals surface area contributed by atoms with Gasteiger partial charge in [-0.2, -0.15) is 4.99 Å². The SMILES string of the molecule is O=C(N=C1NCCCN1)c1ccc(Nc2cccc(C(O)CCCC3CCCCC3)c2)c(C2CC2)c1. The van der Waals surface area contributed by atoms with Crippen LogP contribution in [0.25, 0.3) is 0 Å². The van der Waals surface area contributed by atoms with Crippen LogP contribution in [-0.2, 0) is 0 Å². The molecule has 0 aromatic heterocycles. The summed E-state index contributed by atoms with van der Waals surface area (Å²) in [5.74, 6) is 1.68. The molecule has 6 nitrogen and oxygen atoms in total. The molecule has 0 radical (unpaired) electrons. The zero-order valence-corrected chi connectivity index (χ0v) is 21.3. The zero-order valence-electron chi connectivity index (χ0n) is 21.3. The van der Waals surface area contributed by atoms with Crippen LogP contribution in [0.2, 0.25) is 0 Å². The molecule has 192 valence electrons. The molecule has 1 saturated heterocycles. The average Bonchev–Trinajstić information content (AvgIpc) is 3.76. The van der Waals surface area contributed by atoms with E-state index in [9.17, 15) is 9.90 Å². The second kappa shape index (κ2) is 11.9. The Morgan fingerprint density at radius 2 is 1.81 bits per heavy atom. The van der Waals surface area contributed by atoms with Crippen molar-refractivity contribution in [2.75, 3.05) is 18.4 Å². The lowest BCUT2D eigenvalue weighted by atomic mass is 9.85. The van der Waals surface area contributed by atoms with Gasteiger partial charge in [0.15, 0.2) is 5.96 Å². The Kier molecular flexibility index (Phi) is 8.22. The van der Waals surface area contributed by atoms with Crippen LogP contribution in [0.3, 0.4) is 0 Å². The normalized spacial score (nSPS) is 19.2. The summed E-state index contributed by atoms with van der Waals surface area (Å²) < 4.78 is 0. The molecule has 6 heteroatoms. The first-order chi connectivity index (χ1) is 17.7. The molecule has 36 heavy (non-hydrogen) atoms. The van der Waals surface area contributed by atoms with E-state index < -0.39 is 6.10 Å². The predicted molar refractivity (Wildman–Crippen MR) is 146 cm³/mol. The van der Waals surface area contributed by atoms with Crippen molar-refractivity contribution in [1.29, 1.82) is 0 Å². The second-order valence-corrected chi connectivity index (χ2v) is 10.8. The Morgan fingerprint density at radius 3 is 2.58 bits per heavy atom. The van der Waals surface area contributed by atoms with E-state index >= 15 is 0 Å². The highest BCUT2D eigenvalue weighted by atomic mass is 16.3. The molecule has 4 N–H and O–H groups in total. The van der Waals surface area contributed by atoms with Crippen molar-refractivity contribution in [3.05, 3.63) is 59.2 Å². The number of anilines is 2. The van der Waals surface area contributed by atoms with Crippen molar-refractivity contribution in [3.63, 3.8) is 0 Å². The van der Waals surface area contributed by atoms with E-state index in [1.807, 2.05) is 36.4 Å². The highest BCUT2D eigenvalue weighted by molar-refractivity contribution is 6.03. The smallest absolute Gasteiger partial charge is 0.280 e. The van der Waals surface area contributed by atoms with Gasteiger partial charge in [-0.3, -0.25) is 4.79 Å². The zero-order chi connectivity index (χ0) is 24.7. The van der Waals surface area contributed by atoms with E-state index in [4.69, 9.17) is 0 Å². The van der Waals surface area contributed by atoms with E-state index in [0.29, 0.717) is 17.4 Å². The van der Waals surface area contributed by atoms with Gasteiger partial charge >= 0.3 is 0 Å². The lowest BCUT2D eigenvalue weighted by Gasteiger charge is -2.22. The third kappa shape index (κ3) is 6.67. The fourth-order valence-electron chi connectivity index (χ4n) is 5.57. The molecule has 1 atom stereocenters. The van der Waals surface area contributed by atoms with Gasteiger partial charge in [-0.1, -0.05) is 57.1 Å². The van der Waals surface area contributed by atoms with Crippen molar-refractivity contribution >= 4 is 23.2 Å². The van der Waals surface area contributed by atoms with E-state index in [1.54, 1.807) is 0 Å². The Balaban J connectivity index is 1.23. The van der Waals surface area contributed by atoms with Crippen molar-refractivity contribution in [2.45, 2.75) is 82.7 Å². The molecular weight excluding hydrogens is 448 g/mol. The Labute approximate surface area is 215 Å². The third-order valence-corrected chi connectivity index (χ3v) is 7.83. The quantitative estimate of drug-likeness (QED) is 0.339. The molecule has 2 aliphatic carbocycles. The molecule has 0 spiro atoms. The number of nitrogens with zero attached hydrogens (tertiary/aromatic N) is 1. The molecule has 2 aromatic carbocycles. The van der Waals surface area contributed by atoms with Gasteiger partial charge < -0.3 is 21.1 Å². The van der Waals surface area contributed by atoms with Crippen LogP contribution in [0.4, 0.5) is 11.4 Å². The second-order valence-electron chi connectivity index (χ2n) is 10.8. The number of amides is 1. The monoisotopic (exact) mass is 488 g/mol. The lowest BCUT2D eigenvalue weighted by Crippen LogP contribution is -2.44. The fourth-order valence-corrected chi connectivity index (χ4v) is 5.57. The van der Waals surface area contributed by atoms with Gasteiger partial charge in [0.05, 0.1) is 6.10 Å². The van der Waals surface area contributed by atoms with Gasteiger partial charge in [0, 0.05) is 30.0 Å². The summed E-state index contributed by atoms with van der Waals surface area (Å²) in [4.78, 5) is 17.0. The summed E-state index contributed by atoms with van der Waals surface area (Å²) in [7, 11) is 0. The molecule has 1 amide bonds. The van der Waals surface area contributed by atoms with E-state index in [-0.39, 0.29) is 5.91 Å². The highest BCUT2D eigenvalue weighted by Crippen LogP contribution is 2.44. The van der Waals surface area contributed by atoms with E-state index in [1.165, 1.54) is 44.1 Å². The first kappa shape index (κ1) is 24.8. The fraction of sp³-hybridized carbons (Fsp3) is 0.533. The van der Waals surface area contributed by atoms with Crippen molar-refractivity contribution in [1.82, 2.24) is 10.6 Å². The van der Waals surface area contributed by atoms with Crippen LogP contribution < -0.4 is 16.0 Å². The molecule has 3 aliphatic rings. The number of carbonyl (C=O) groups excluding carboxylic acids is 1. The largest absolute Gasteiger partial charge is 0.388 e. The number of aliphatic imine (C=N–C) groups is 1. The molecule has 1 unspecified atom stereocenters. The number of hydrogen-bond acceptors (Lipinski definition) is 3. The number of carbonyl (C=O) groups is 1. The first-order valence-corrected chi connectivity index (χ1v) is 14.0. The summed E-state index contributed by atoms with van der Waals surface area (Å²) in [6, 6.07) is 14.0. The summed E-state index contributed by atoms with van der Waals surface area (Å²) >= 11 is 0. The minimum atomic E-state index is -0.431. The molecule has 3 fully saturated rings. The van der Waals surface area contributed by atoms with E-state index in [0.717, 1.165) is 68.0 Å². The molecular formula is C30H40N4O2. The average molecular weight is 489 g/mol. The summed E-state index contributed by atoms with van der Waals surface area (Å²) in [6.45, 7) is 1.67. The van der Waals surface area contributed by atoms with E-state index in [2.05, 4.69) is 27.0 Å². The van der Waals surface area contributed by atoms with Gasteiger partial charge in [0.1, 0.15) is 0 Å². The maximum atomic E-state index is 12.8. The maximum Gasteiger partial charge on any atom is 0.280 e. The summed E-state index contributed by atoms with van der Waals surface area (Å²) in [5.41, 5.74) is 4.75. The highest BCUT2D eigenvalue weighted by Gasteiger charge is 2.27. The van der Waals surface area contributed by atoms with Gasteiger partial charge in [0.25, 0.3) is 5.91 Å². The first-order valence-electron chi connectivity index (χ1n) is 14.0. The van der Waals surface area contributed by atoms with Gasteiger partial charge in [-0.25, -0.2) is 0 Å². The summed E-state index contributed by atoms with van der Waals surface area (Å²) in [6.07, 6.45) is 12.9. The number of benzene rings is 2. The number of nitrogens with one attached hydrogen (secondary N) is 3. The molecule has 5 rings (SSSR count). The Morgan fingerprint density at radius 1 is 1.00 bits per heavy atom. The van der Waals surface area contributed by atoms with Crippen LogP contribution in [0, 0.1) is 5.92 Å². The molecule has 0 bridgehead atoms. The number of aliphatic hydroxyl groups excluding tert-OH is 1. The molecule has 2 aromatic rings. The maximum absolute atomic E-state index is 12.8. The van der Waals surface area contributed by atoms with Crippen LogP contribution in [0.1, 0.15) is 104 Å².